The lowest BCUT2D eigenvalue weighted by Crippen LogP contribution is -2.13. The van der Waals surface area contributed by atoms with Gasteiger partial charge >= 0.3 is 5.97 Å². The van der Waals surface area contributed by atoms with Crippen LogP contribution in [0.5, 0.6) is 0 Å². The first-order chi connectivity index (χ1) is 9.66. The maximum atomic E-state index is 10.7. The summed E-state index contributed by atoms with van der Waals surface area (Å²) in [5.74, 6) is 0.235. The van der Waals surface area contributed by atoms with Crippen LogP contribution in [0, 0.1) is 0 Å². The maximum absolute atomic E-state index is 10.7. The predicted octanol–water partition coefficient (Wildman–Crippen LogP) is 1.32. The Morgan fingerprint density at radius 1 is 0.850 bits per heavy atom. The van der Waals surface area contributed by atoms with E-state index in [1.807, 2.05) is 0 Å². The zero-order chi connectivity index (χ0) is 15.1. The van der Waals surface area contributed by atoms with Gasteiger partial charge in [0, 0.05) is 6.08 Å². The molecule has 0 aliphatic heterocycles. The van der Waals surface area contributed by atoms with Gasteiger partial charge in [-0.1, -0.05) is 13.2 Å². The van der Waals surface area contributed by atoms with E-state index >= 15 is 0 Å². The summed E-state index contributed by atoms with van der Waals surface area (Å²) < 4.78 is 25.6. The molecule has 0 aromatic rings. The molecular weight excluding hydrogens is 264 g/mol. The highest BCUT2D eigenvalue weighted by Gasteiger charge is 1.95. The van der Waals surface area contributed by atoms with Gasteiger partial charge in [-0.25, -0.2) is 4.79 Å². The summed E-state index contributed by atoms with van der Waals surface area (Å²) in [5, 5.41) is 0. The fourth-order valence-electron chi connectivity index (χ4n) is 1.08. The first kappa shape index (κ1) is 18.6. The van der Waals surface area contributed by atoms with Crippen molar-refractivity contribution in [3.05, 3.63) is 25.0 Å². The fourth-order valence-corrected chi connectivity index (χ4v) is 1.08. The normalized spacial score (nSPS) is 10.1. The van der Waals surface area contributed by atoms with E-state index in [9.17, 15) is 4.79 Å². The van der Waals surface area contributed by atoms with Crippen LogP contribution in [0.1, 0.15) is 6.92 Å². The van der Waals surface area contributed by atoms with E-state index in [2.05, 4.69) is 13.2 Å². The summed E-state index contributed by atoms with van der Waals surface area (Å²) in [6.07, 6.45) is 1.12. The molecule has 0 atom stereocenters. The number of esters is 1. The van der Waals surface area contributed by atoms with Gasteiger partial charge in [-0.15, -0.1) is 0 Å². The summed E-state index contributed by atoms with van der Waals surface area (Å²) in [6.45, 7) is 12.2. The summed E-state index contributed by atoms with van der Waals surface area (Å²) in [4.78, 5) is 10.7. The van der Waals surface area contributed by atoms with Gasteiger partial charge in [0.25, 0.3) is 0 Å². The van der Waals surface area contributed by atoms with Crippen LogP contribution in [0.2, 0.25) is 0 Å². The highest BCUT2D eigenvalue weighted by molar-refractivity contribution is 5.81. The molecule has 0 N–H and O–H groups in total. The Morgan fingerprint density at radius 3 is 1.65 bits per heavy atom. The van der Waals surface area contributed by atoms with Crippen LogP contribution in [0.4, 0.5) is 0 Å². The Kier molecular flexibility index (Phi) is 13.1. The first-order valence-corrected chi connectivity index (χ1v) is 6.47. The van der Waals surface area contributed by atoms with Gasteiger partial charge in [-0.3, -0.25) is 0 Å². The Hall–Kier alpha value is -1.37. The lowest BCUT2D eigenvalue weighted by atomic mass is 10.6. The van der Waals surface area contributed by atoms with E-state index in [0.717, 1.165) is 6.08 Å². The molecule has 0 saturated carbocycles. The van der Waals surface area contributed by atoms with Crippen molar-refractivity contribution >= 4 is 5.97 Å². The standard InChI is InChI=1S/C14H24O6/c1-4-14(15)20-12-10-18-8-6-16-5-7-17-9-11-19-13(2)3/h4H,1-2,5-12H2,3H3. The van der Waals surface area contributed by atoms with Gasteiger partial charge in [0.1, 0.15) is 13.2 Å². The Labute approximate surface area is 120 Å². The van der Waals surface area contributed by atoms with Gasteiger partial charge in [0.05, 0.1) is 45.4 Å². The Bertz CT molecular complexity index is 277. The van der Waals surface area contributed by atoms with Gasteiger partial charge in [-0.05, 0) is 6.92 Å². The van der Waals surface area contributed by atoms with Crippen LogP contribution in [0.15, 0.2) is 25.0 Å². The molecule has 0 spiro atoms. The summed E-state index contributed by atoms with van der Waals surface area (Å²) in [5.41, 5.74) is 0. The number of hydrogen-bond donors (Lipinski definition) is 0. The molecule has 0 fully saturated rings. The lowest BCUT2D eigenvalue weighted by molar-refractivity contribution is -0.139. The second kappa shape index (κ2) is 14.0. The zero-order valence-electron chi connectivity index (χ0n) is 12.1. The van der Waals surface area contributed by atoms with Crippen LogP contribution in [0.25, 0.3) is 0 Å². The SMILES string of the molecule is C=CC(=O)OCCOCCOCCOCCOC(=C)C. The molecule has 0 aromatic heterocycles. The predicted molar refractivity (Wildman–Crippen MR) is 74.4 cm³/mol. The second-order valence-electron chi connectivity index (χ2n) is 3.76. The van der Waals surface area contributed by atoms with Gasteiger partial charge in [-0.2, -0.15) is 0 Å². The molecule has 0 rings (SSSR count). The molecule has 20 heavy (non-hydrogen) atoms. The van der Waals surface area contributed by atoms with Gasteiger partial charge in [0.2, 0.25) is 0 Å². The number of hydrogen-bond acceptors (Lipinski definition) is 6. The van der Waals surface area contributed by atoms with Gasteiger partial charge in [0.15, 0.2) is 0 Å². The third kappa shape index (κ3) is 14.7. The Morgan fingerprint density at radius 2 is 1.25 bits per heavy atom. The molecule has 0 aromatic carbocycles. The van der Waals surface area contributed by atoms with Crippen LogP contribution >= 0.6 is 0 Å². The zero-order valence-corrected chi connectivity index (χ0v) is 12.1. The summed E-state index contributed by atoms with van der Waals surface area (Å²) >= 11 is 0. The number of ether oxygens (including phenoxy) is 5. The summed E-state index contributed by atoms with van der Waals surface area (Å²) in [7, 11) is 0. The minimum atomic E-state index is -0.447. The van der Waals surface area contributed by atoms with E-state index < -0.39 is 5.97 Å². The van der Waals surface area contributed by atoms with E-state index in [1.54, 1.807) is 6.92 Å². The van der Waals surface area contributed by atoms with Crippen molar-refractivity contribution in [3.8, 4) is 0 Å². The first-order valence-electron chi connectivity index (χ1n) is 6.47. The average Bonchev–Trinajstić information content (AvgIpc) is 2.43. The molecule has 0 radical (unpaired) electrons. The molecule has 116 valence electrons. The molecule has 0 bridgehead atoms. The van der Waals surface area contributed by atoms with Crippen molar-refractivity contribution in [2.75, 3.05) is 52.9 Å². The number of carbonyl (C=O) groups excluding carboxylic acids is 1. The minimum Gasteiger partial charge on any atom is -0.496 e. The van der Waals surface area contributed by atoms with Crippen LogP contribution in [-0.2, 0) is 28.5 Å². The smallest absolute Gasteiger partial charge is 0.330 e. The topological polar surface area (TPSA) is 63.2 Å². The molecule has 6 heteroatoms. The van der Waals surface area contributed by atoms with Crippen molar-refractivity contribution in [2.24, 2.45) is 0 Å². The fraction of sp³-hybridized carbons (Fsp3) is 0.643. The van der Waals surface area contributed by atoms with Crippen molar-refractivity contribution in [1.29, 1.82) is 0 Å². The largest absolute Gasteiger partial charge is 0.496 e. The molecule has 6 nitrogen and oxygen atoms in total. The summed E-state index contributed by atoms with van der Waals surface area (Å²) in [6, 6.07) is 0. The van der Waals surface area contributed by atoms with Gasteiger partial charge < -0.3 is 23.7 Å². The number of allylic oxidation sites excluding steroid dienone is 1. The van der Waals surface area contributed by atoms with Crippen molar-refractivity contribution in [3.63, 3.8) is 0 Å². The van der Waals surface area contributed by atoms with Crippen molar-refractivity contribution in [1.82, 2.24) is 0 Å². The highest BCUT2D eigenvalue weighted by atomic mass is 16.6. The number of rotatable bonds is 14. The molecular formula is C14H24O6. The van der Waals surface area contributed by atoms with Crippen LogP contribution in [-0.4, -0.2) is 58.8 Å². The van der Waals surface area contributed by atoms with Crippen molar-refractivity contribution < 1.29 is 28.5 Å². The number of carbonyl (C=O) groups is 1. The third-order valence-corrected chi connectivity index (χ3v) is 1.96. The lowest BCUT2D eigenvalue weighted by Gasteiger charge is -2.07. The van der Waals surface area contributed by atoms with Crippen LogP contribution in [0.3, 0.4) is 0 Å². The van der Waals surface area contributed by atoms with E-state index in [4.69, 9.17) is 23.7 Å². The quantitative estimate of drug-likeness (QED) is 0.208. The Balaban J connectivity index is 3.04. The monoisotopic (exact) mass is 288 g/mol. The highest BCUT2D eigenvalue weighted by Crippen LogP contribution is 1.89. The third-order valence-electron chi connectivity index (χ3n) is 1.96. The molecule has 0 aliphatic carbocycles. The molecule has 0 saturated heterocycles. The van der Waals surface area contributed by atoms with E-state index in [1.165, 1.54) is 0 Å². The van der Waals surface area contributed by atoms with Crippen LogP contribution < -0.4 is 0 Å². The van der Waals surface area contributed by atoms with E-state index in [0.29, 0.717) is 52.0 Å². The molecule has 0 amide bonds. The van der Waals surface area contributed by atoms with E-state index in [-0.39, 0.29) is 6.61 Å². The average molecular weight is 288 g/mol. The molecule has 0 heterocycles. The molecule has 0 unspecified atom stereocenters. The second-order valence-corrected chi connectivity index (χ2v) is 3.76. The van der Waals surface area contributed by atoms with Crippen molar-refractivity contribution in [2.45, 2.75) is 6.92 Å². The minimum absolute atomic E-state index is 0.219. The maximum Gasteiger partial charge on any atom is 0.330 e. The molecule has 0 aliphatic rings.